The van der Waals surface area contributed by atoms with Crippen molar-refractivity contribution in [2.24, 2.45) is 0 Å². The van der Waals surface area contributed by atoms with Crippen LogP contribution in [0.3, 0.4) is 0 Å². The minimum absolute atomic E-state index is 0.0952. The summed E-state index contributed by atoms with van der Waals surface area (Å²) in [5.41, 5.74) is 1.01. The molecule has 0 radical (unpaired) electrons. The van der Waals surface area contributed by atoms with Gasteiger partial charge in [0.25, 0.3) is 5.56 Å². The van der Waals surface area contributed by atoms with E-state index in [0.29, 0.717) is 17.7 Å². The number of rotatable bonds is 1. The quantitative estimate of drug-likeness (QED) is 0.711. The minimum Gasteiger partial charge on any atom is -0.325 e. The Balaban J connectivity index is 3.70. The van der Waals surface area contributed by atoms with Crippen LogP contribution in [0.4, 0.5) is 0 Å². The monoisotopic (exact) mass is 187 g/mol. The standard InChI is InChI=1S/C10H9N3O/c1-3-9-6(2)7(4-11)8(5-12)10(14)13-9/h3H2,1-2H3,(H,13,14). The molecule has 0 unspecified atom stereocenters. The number of nitriles is 2. The number of H-pyrrole nitrogens is 1. The number of pyridine rings is 1. The zero-order valence-corrected chi connectivity index (χ0v) is 8.01. The summed E-state index contributed by atoms with van der Waals surface area (Å²) in [5, 5.41) is 17.5. The molecule has 1 rings (SSSR count). The molecule has 1 heterocycles. The molecule has 0 bridgehead atoms. The lowest BCUT2D eigenvalue weighted by molar-refractivity contribution is 0.976. The molecule has 1 aromatic rings. The Labute approximate surface area is 81.4 Å². The van der Waals surface area contributed by atoms with E-state index in [0.717, 1.165) is 0 Å². The molecule has 0 fully saturated rings. The Kier molecular flexibility index (Phi) is 2.69. The van der Waals surface area contributed by atoms with Gasteiger partial charge in [-0.05, 0) is 18.9 Å². The highest BCUT2D eigenvalue weighted by Crippen LogP contribution is 2.11. The van der Waals surface area contributed by atoms with Gasteiger partial charge in [0.15, 0.2) is 0 Å². The van der Waals surface area contributed by atoms with E-state index >= 15 is 0 Å². The SMILES string of the molecule is CCc1[nH]c(=O)c(C#N)c(C#N)c1C. The number of aromatic amines is 1. The molecule has 4 heteroatoms. The van der Waals surface area contributed by atoms with Crippen molar-refractivity contribution in [2.45, 2.75) is 20.3 Å². The molecule has 0 saturated carbocycles. The van der Waals surface area contributed by atoms with E-state index in [4.69, 9.17) is 10.5 Å². The number of nitrogens with one attached hydrogen (secondary N) is 1. The predicted molar refractivity (Wildman–Crippen MR) is 50.6 cm³/mol. The second-order valence-corrected chi connectivity index (χ2v) is 2.88. The largest absolute Gasteiger partial charge is 0.325 e. The van der Waals surface area contributed by atoms with Gasteiger partial charge in [-0.15, -0.1) is 0 Å². The third-order valence-electron chi connectivity index (χ3n) is 2.15. The second kappa shape index (κ2) is 3.76. The smallest absolute Gasteiger partial charge is 0.267 e. The van der Waals surface area contributed by atoms with E-state index in [1.54, 1.807) is 13.0 Å². The zero-order valence-electron chi connectivity index (χ0n) is 8.01. The Bertz CT molecular complexity index is 500. The topological polar surface area (TPSA) is 80.4 Å². The molecule has 0 aromatic carbocycles. The van der Waals surface area contributed by atoms with Gasteiger partial charge in [0.05, 0.1) is 5.56 Å². The van der Waals surface area contributed by atoms with Gasteiger partial charge in [0.2, 0.25) is 0 Å². The lowest BCUT2D eigenvalue weighted by Crippen LogP contribution is -2.16. The van der Waals surface area contributed by atoms with Crippen LogP contribution in [-0.2, 0) is 6.42 Å². The number of nitrogens with zero attached hydrogens (tertiary/aromatic N) is 2. The molecule has 0 spiro atoms. The van der Waals surface area contributed by atoms with Crippen LogP contribution in [0.1, 0.15) is 29.3 Å². The molecule has 0 aliphatic rings. The van der Waals surface area contributed by atoms with E-state index in [2.05, 4.69) is 4.98 Å². The fourth-order valence-corrected chi connectivity index (χ4v) is 1.35. The van der Waals surface area contributed by atoms with Crippen molar-refractivity contribution in [3.05, 3.63) is 32.7 Å². The average molecular weight is 187 g/mol. The maximum absolute atomic E-state index is 11.3. The molecule has 70 valence electrons. The first-order valence-electron chi connectivity index (χ1n) is 4.21. The van der Waals surface area contributed by atoms with Crippen molar-refractivity contribution in [3.63, 3.8) is 0 Å². The molecule has 1 aromatic heterocycles. The summed E-state index contributed by atoms with van der Waals surface area (Å²) in [6, 6.07) is 3.63. The van der Waals surface area contributed by atoms with Crippen molar-refractivity contribution >= 4 is 0 Å². The minimum atomic E-state index is -0.480. The summed E-state index contributed by atoms with van der Waals surface area (Å²) in [6.45, 7) is 3.61. The fraction of sp³-hybridized carbons (Fsp3) is 0.300. The predicted octanol–water partition coefficient (Wildman–Crippen LogP) is 0.989. The lowest BCUT2D eigenvalue weighted by Gasteiger charge is -2.04. The normalized spacial score (nSPS) is 9.14. The van der Waals surface area contributed by atoms with Crippen LogP contribution in [0.5, 0.6) is 0 Å². The molecule has 1 N–H and O–H groups in total. The van der Waals surface area contributed by atoms with Crippen LogP contribution in [0, 0.1) is 29.6 Å². The van der Waals surface area contributed by atoms with Gasteiger partial charge >= 0.3 is 0 Å². The molecule has 0 amide bonds. The van der Waals surface area contributed by atoms with Crippen molar-refractivity contribution in [1.29, 1.82) is 10.5 Å². The maximum Gasteiger partial charge on any atom is 0.267 e. The first kappa shape index (κ1) is 10.0. The second-order valence-electron chi connectivity index (χ2n) is 2.88. The average Bonchev–Trinajstić information content (AvgIpc) is 2.20. The Morgan fingerprint density at radius 3 is 2.29 bits per heavy atom. The van der Waals surface area contributed by atoms with Gasteiger partial charge in [-0.2, -0.15) is 10.5 Å². The Morgan fingerprint density at radius 1 is 1.29 bits per heavy atom. The lowest BCUT2D eigenvalue weighted by atomic mass is 10.0. The molecule has 0 aliphatic heterocycles. The highest BCUT2D eigenvalue weighted by molar-refractivity contribution is 5.50. The van der Waals surface area contributed by atoms with Crippen LogP contribution in [0.15, 0.2) is 4.79 Å². The molecule has 0 atom stereocenters. The summed E-state index contributed by atoms with van der Waals surface area (Å²) in [4.78, 5) is 13.9. The van der Waals surface area contributed by atoms with Crippen LogP contribution < -0.4 is 5.56 Å². The van der Waals surface area contributed by atoms with Crippen LogP contribution in [0.2, 0.25) is 0 Å². The van der Waals surface area contributed by atoms with Crippen LogP contribution >= 0.6 is 0 Å². The maximum atomic E-state index is 11.3. The van der Waals surface area contributed by atoms with E-state index in [-0.39, 0.29) is 11.1 Å². The highest BCUT2D eigenvalue weighted by Gasteiger charge is 2.12. The van der Waals surface area contributed by atoms with E-state index in [1.165, 1.54) is 0 Å². The molecule has 0 saturated heterocycles. The number of aromatic nitrogens is 1. The van der Waals surface area contributed by atoms with Gasteiger partial charge in [-0.25, -0.2) is 0 Å². The van der Waals surface area contributed by atoms with Crippen molar-refractivity contribution in [3.8, 4) is 12.1 Å². The number of hydrogen-bond donors (Lipinski definition) is 1. The number of hydrogen-bond acceptors (Lipinski definition) is 3. The van der Waals surface area contributed by atoms with Gasteiger partial charge in [-0.1, -0.05) is 6.92 Å². The first-order valence-corrected chi connectivity index (χ1v) is 4.21. The summed E-state index contributed by atoms with van der Waals surface area (Å²) in [7, 11) is 0. The van der Waals surface area contributed by atoms with Gasteiger partial charge in [0.1, 0.15) is 17.7 Å². The summed E-state index contributed by atoms with van der Waals surface area (Å²) in [5.74, 6) is 0. The fourth-order valence-electron chi connectivity index (χ4n) is 1.35. The molecule has 14 heavy (non-hydrogen) atoms. The van der Waals surface area contributed by atoms with Crippen LogP contribution in [-0.4, -0.2) is 4.98 Å². The number of aryl methyl sites for hydroxylation is 1. The molecular weight excluding hydrogens is 178 g/mol. The van der Waals surface area contributed by atoms with Crippen molar-refractivity contribution in [2.75, 3.05) is 0 Å². The summed E-state index contributed by atoms with van der Waals surface area (Å²) in [6.07, 6.45) is 0.640. The van der Waals surface area contributed by atoms with Gasteiger partial charge in [0, 0.05) is 5.69 Å². The third kappa shape index (κ3) is 1.38. The highest BCUT2D eigenvalue weighted by atomic mass is 16.1. The summed E-state index contributed by atoms with van der Waals surface area (Å²) >= 11 is 0. The van der Waals surface area contributed by atoms with Crippen LogP contribution in [0.25, 0.3) is 0 Å². The van der Waals surface area contributed by atoms with E-state index in [1.807, 2.05) is 13.0 Å². The van der Waals surface area contributed by atoms with E-state index < -0.39 is 5.56 Å². The molecule has 4 nitrogen and oxygen atoms in total. The first-order chi connectivity index (χ1) is 6.65. The van der Waals surface area contributed by atoms with Crippen molar-refractivity contribution < 1.29 is 0 Å². The van der Waals surface area contributed by atoms with Gasteiger partial charge < -0.3 is 4.98 Å². The zero-order chi connectivity index (χ0) is 10.7. The Morgan fingerprint density at radius 2 is 1.86 bits per heavy atom. The van der Waals surface area contributed by atoms with Crippen molar-refractivity contribution in [1.82, 2.24) is 4.98 Å². The molecule has 0 aliphatic carbocycles. The Hall–Kier alpha value is -2.07. The molecular formula is C10H9N3O. The third-order valence-corrected chi connectivity index (χ3v) is 2.15. The van der Waals surface area contributed by atoms with Gasteiger partial charge in [-0.3, -0.25) is 4.79 Å². The summed E-state index contributed by atoms with van der Waals surface area (Å²) < 4.78 is 0. The van der Waals surface area contributed by atoms with E-state index in [9.17, 15) is 4.79 Å².